The van der Waals surface area contributed by atoms with Gasteiger partial charge < -0.3 is 10.0 Å². The standard InChI is InChI=1S/C14H16N2O4/c1-8-11(3-2-4-12(8)16(19)20)15-9-5-6-13(15)10(7-9)14(17)18/h2-4,9-10,13H,5-7H2,1H3,(H,17,18). The highest BCUT2D eigenvalue weighted by Crippen LogP contribution is 2.46. The number of rotatable bonds is 3. The van der Waals surface area contributed by atoms with Gasteiger partial charge in [0.1, 0.15) is 0 Å². The molecular formula is C14H16N2O4. The van der Waals surface area contributed by atoms with Gasteiger partial charge in [-0.15, -0.1) is 0 Å². The van der Waals surface area contributed by atoms with Crippen molar-refractivity contribution in [1.29, 1.82) is 0 Å². The monoisotopic (exact) mass is 276 g/mol. The number of carboxylic acids is 1. The SMILES string of the molecule is Cc1c(N2C3CCC2C(C(=O)O)C3)cccc1[N+](=O)[O-]. The summed E-state index contributed by atoms with van der Waals surface area (Å²) in [5.41, 5.74) is 1.54. The number of hydrogen-bond donors (Lipinski definition) is 1. The van der Waals surface area contributed by atoms with Crippen LogP contribution < -0.4 is 4.90 Å². The number of fused-ring (bicyclic) bond motifs is 2. The number of anilines is 1. The number of nitrogens with zero attached hydrogens (tertiary/aromatic N) is 2. The predicted molar refractivity (Wildman–Crippen MR) is 72.9 cm³/mol. The average Bonchev–Trinajstić information content (AvgIpc) is 2.96. The van der Waals surface area contributed by atoms with Gasteiger partial charge >= 0.3 is 5.97 Å². The van der Waals surface area contributed by atoms with Crippen molar-refractivity contribution < 1.29 is 14.8 Å². The summed E-state index contributed by atoms with van der Waals surface area (Å²) >= 11 is 0. The van der Waals surface area contributed by atoms with E-state index in [2.05, 4.69) is 4.90 Å². The molecule has 2 heterocycles. The van der Waals surface area contributed by atoms with Crippen molar-refractivity contribution in [3.8, 4) is 0 Å². The van der Waals surface area contributed by atoms with Crippen molar-refractivity contribution in [3.63, 3.8) is 0 Å². The number of aliphatic carboxylic acids is 1. The topological polar surface area (TPSA) is 83.7 Å². The molecule has 2 saturated heterocycles. The highest BCUT2D eigenvalue weighted by atomic mass is 16.6. The van der Waals surface area contributed by atoms with Crippen LogP contribution in [0.2, 0.25) is 0 Å². The summed E-state index contributed by atoms with van der Waals surface area (Å²) in [4.78, 5) is 24.0. The Hall–Kier alpha value is -2.11. The lowest BCUT2D eigenvalue weighted by Crippen LogP contribution is -2.33. The number of nitro groups is 1. The Morgan fingerprint density at radius 3 is 2.80 bits per heavy atom. The number of hydrogen-bond acceptors (Lipinski definition) is 4. The van der Waals surface area contributed by atoms with Gasteiger partial charge in [0.2, 0.25) is 0 Å². The van der Waals surface area contributed by atoms with E-state index in [0.717, 1.165) is 18.5 Å². The summed E-state index contributed by atoms with van der Waals surface area (Å²) in [7, 11) is 0. The van der Waals surface area contributed by atoms with Crippen LogP contribution in [-0.4, -0.2) is 28.1 Å². The molecule has 1 aromatic rings. The van der Waals surface area contributed by atoms with Gasteiger partial charge in [-0.25, -0.2) is 0 Å². The lowest BCUT2D eigenvalue weighted by molar-refractivity contribution is -0.385. The van der Waals surface area contributed by atoms with Gasteiger partial charge in [-0.3, -0.25) is 14.9 Å². The van der Waals surface area contributed by atoms with E-state index in [1.165, 1.54) is 6.07 Å². The molecule has 2 fully saturated rings. The second-order valence-corrected chi connectivity index (χ2v) is 5.56. The minimum Gasteiger partial charge on any atom is -0.481 e. The third-order valence-electron chi connectivity index (χ3n) is 4.61. The van der Waals surface area contributed by atoms with Gasteiger partial charge in [0.05, 0.1) is 16.4 Å². The van der Waals surface area contributed by atoms with Crippen LogP contribution in [0, 0.1) is 23.0 Å². The fourth-order valence-corrected chi connectivity index (χ4v) is 3.72. The zero-order chi connectivity index (χ0) is 14.4. The molecular weight excluding hydrogens is 260 g/mol. The van der Waals surface area contributed by atoms with Gasteiger partial charge in [-0.1, -0.05) is 6.07 Å². The van der Waals surface area contributed by atoms with Crippen LogP contribution in [0.15, 0.2) is 18.2 Å². The minimum atomic E-state index is -0.759. The summed E-state index contributed by atoms with van der Waals surface area (Å²) in [5, 5.41) is 20.3. The van der Waals surface area contributed by atoms with Gasteiger partial charge in [0.15, 0.2) is 0 Å². The molecule has 6 heteroatoms. The molecule has 2 aliphatic rings. The maximum atomic E-state index is 11.3. The summed E-state index contributed by atoms with van der Waals surface area (Å²) in [6.45, 7) is 1.74. The van der Waals surface area contributed by atoms with Crippen molar-refractivity contribution in [3.05, 3.63) is 33.9 Å². The first-order chi connectivity index (χ1) is 9.50. The second-order valence-electron chi connectivity index (χ2n) is 5.56. The highest BCUT2D eigenvalue weighted by Gasteiger charge is 2.49. The number of benzene rings is 1. The molecule has 0 radical (unpaired) electrons. The van der Waals surface area contributed by atoms with Crippen molar-refractivity contribution in [2.24, 2.45) is 5.92 Å². The normalized spacial score (nSPS) is 27.9. The third-order valence-corrected chi connectivity index (χ3v) is 4.61. The van der Waals surface area contributed by atoms with E-state index in [1.807, 2.05) is 6.07 Å². The first kappa shape index (κ1) is 12.9. The van der Waals surface area contributed by atoms with E-state index < -0.39 is 5.97 Å². The maximum Gasteiger partial charge on any atom is 0.308 e. The van der Waals surface area contributed by atoms with Crippen molar-refractivity contribution in [1.82, 2.24) is 0 Å². The predicted octanol–water partition coefficient (Wildman–Crippen LogP) is 2.35. The number of carbonyl (C=O) groups is 1. The molecule has 1 N–H and O–H groups in total. The van der Waals surface area contributed by atoms with Gasteiger partial charge in [0, 0.05) is 23.8 Å². The Bertz CT molecular complexity index is 587. The van der Waals surface area contributed by atoms with Crippen molar-refractivity contribution in [2.75, 3.05) is 4.90 Å². The van der Waals surface area contributed by atoms with Crippen LogP contribution in [0.5, 0.6) is 0 Å². The second kappa shape index (κ2) is 4.47. The van der Waals surface area contributed by atoms with Crippen LogP contribution >= 0.6 is 0 Å². The van der Waals surface area contributed by atoms with E-state index in [4.69, 9.17) is 0 Å². The molecule has 0 aromatic heterocycles. The molecule has 106 valence electrons. The summed E-state index contributed by atoms with van der Waals surface area (Å²) in [6, 6.07) is 5.19. The van der Waals surface area contributed by atoms with Crippen LogP contribution in [0.25, 0.3) is 0 Å². The third kappa shape index (κ3) is 1.75. The Morgan fingerprint density at radius 2 is 2.20 bits per heavy atom. The van der Waals surface area contributed by atoms with Crippen LogP contribution in [0.1, 0.15) is 24.8 Å². The average molecular weight is 276 g/mol. The molecule has 2 aliphatic heterocycles. The number of nitro benzene ring substituents is 1. The molecule has 1 aromatic carbocycles. The fraction of sp³-hybridized carbons (Fsp3) is 0.500. The zero-order valence-corrected chi connectivity index (χ0v) is 11.2. The van der Waals surface area contributed by atoms with E-state index in [1.54, 1.807) is 13.0 Å². The molecule has 0 aliphatic carbocycles. The van der Waals surface area contributed by atoms with Crippen LogP contribution in [0.4, 0.5) is 11.4 Å². The largest absolute Gasteiger partial charge is 0.481 e. The molecule has 3 unspecified atom stereocenters. The van der Waals surface area contributed by atoms with Gasteiger partial charge in [-0.05, 0) is 32.3 Å². The Labute approximate surface area is 116 Å². The molecule has 3 rings (SSSR count). The summed E-state index contributed by atoms with van der Waals surface area (Å²) in [6.07, 6.45) is 2.46. The molecule has 3 atom stereocenters. The summed E-state index contributed by atoms with van der Waals surface area (Å²) in [5.74, 6) is -1.11. The lowest BCUT2D eigenvalue weighted by Gasteiger charge is -2.26. The zero-order valence-electron chi connectivity index (χ0n) is 11.2. The summed E-state index contributed by atoms with van der Waals surface area (Å²) < 4.78 is 0. The van der Waals surface area contributed by atoms with Crippen LogP contribution in [0.3, 0.4) is 0 Å². The molecule has 6 nitrogen and oxygen atoms in total. The van der Waals surface area contributed by atoms with Crippen molar-refractivity contribution >= 4 is 17.3 Å². The molecule has 2 bridgehead atoms. The van der Waals surface area contributed by atoms with Gasteiger partial charge in [0.25, 0.3) is 5.69 Å². The molecule has 20 heavy (non-hydrogen) atoms. The highest BCUT2D eigenvalue weighted by molar-refractivity contribution is 5.75. The quantitative estimate of drug-likeness (QED) is 0.676. The number of carboxylic acid groups (broad SMARTS) is 1. The molecule has 0 spiro atoms. The maximum absolute atomic E-state index is 11.3. The molecule has 0 saturated carbocycles. The lowest BCUT2D eigenvalue weighted by atomic mass is 9.89. The van der Waals surface area contributed by atoms with E-state index in [-0.39, 0.29) is 28.6 Å². The molecule has 0 amide bonds. The Morgan fingerprint density at radius 1 is 1.45 bits per heavy atom. The fourth-order valence-electron chi connectivity index (χ4n) is 3.72. The Kier molecular flexibility index (Phi) is 2.88. The smallest absolute Gasteiger partial charge is 0.308 e. The Balaban J connectivity index is 2.01. The first-order valence-corrected chi connectivity index (χ1v) is 6.76. The van der Waals surface area contributed by atoms with Crippen LogP contribution in [-0.2, 0) is 4.79 Å². The van der Waals surface area contributed by atoms with Crippen molar-refractivity contribution in [2.45, 2.75) is 38.3 Å². The van der Waals surface area contributed by atoms with E-state index >= 15 is 0 Å². The first-order valence-electron chi connectivity index (χ1n) is 6.76. The van der Waals surface area contributed by atoms with E-state index in [0.29, 0.717) is 12.0 Å². The van der Waals surface area contributed by atoms with E-state index in [9.17, 15) is 20.0 Å². The van der Waals surface area contributed by atoms with Gasteiger partial charge in [-0.2, -0.15) is 0 Å². The minimum absolute atomic E-state index is 0.0294.